The highest BCUT2D eigenvalue weighted by Crippen LogP contribution is 2.15. The molecule has 0 saturated carbocycles. The van der Waals surface area contributed by atoms with Crippen LogP contribution >= 0.6 is 0 Å². The van der Waals surface area contributed by atoms with E-state index in [1.807, 2.05) is 51.3 Å². The molecular formula is C23H29N4O3. The van der Waals surface area contributed by atoms with Crippen molar-refractivity contribution in [3.05, 3.63) is 59.7 Å². The van der Waals surface area contributed by atoms with Crippen molar-refractivity contribution in [1.82, 2.24) is 5.32 Å². The summed E-state index contributed by atoms with van der Waals surface area (Å²) in [5.41, 5.74) is 9.16. The lowest BCUT2D eigenvalue weighted by Crippen LogP contribution is -2.47. The first-order chi connectivity index (χ1) is 14.3. The predicted molar refractivity (Wildman–Crippen MR) is 119 cm³/mol. The first kappa shape index (κ1) is 23.1. The molecule has 7 heteroatoms. The third-order valence-corrected chi connectivity index (χ3v) is 4.56. The van der Waals surface area contributed by atoms with Crippen LogP contribution in [0.3, 0.4) is 0 Å². The van der Waals surface area contributed by atoms with Gasteiger partial charge >= 0.3 is 6.03 Å². The van der Waals surface area contributed by atoms with E-state index in [-0.39, 0.29) is 17.9 Å². The van der Waals surface area contributed by atoms with Crippen LogP contribution < -0.4 is 21.7 Å². The Balaban J connectivity index is 1.87. The van der Waals surface area contributed by atoms with Crippen LogP contribution in [-0.4, -0.2) is 30.3 Å². The molecule has 0 heterocycles. The highest BCUT2D eigenvalue weighted by atomic mass is 16.2. The smallest absolute Gasteiger partial charge is 0.323 e. The van der Waals surface area contributed by atoms with Crippen molar-refractivity contribution in [3.8, 4) is 0 Å². The normalized spacial score (nSPS) is 12.7. The molecule has 0 bridgehead atoms. The molecule has 2 aromatic carbocycles. The Hall–Kier alpha value is -3.19. The molecule has 0 aliphatic rings. The molecule has 7 nitrogen and oxygen atoms in total. The second kappa shape index (κ2) is 11.1. The lowest BCUT2D eigenvalue weighted by atomic mass is 10.0. The molecule has 2 aromatic rings. The van der Waals surface area contributed by atoms with Crippen molar-refractivity contribution in [2.24, 2.45) is 11.7 Å². The summed E-state index contributed by atoms with van der Waals surface area (Å²) in [6.45, 7) is 5.85. The lowest BCUT2D eigenvalue weighted by Gasteiger charge is -2.17. The molecule has 0 fully saturated rings. The quantitative estimate of drug-likeness (QED) is 0.509. The molecule has 0 saturated heterocycles. The largest absolute Gasteiger partial charge is 0.344 e. The van der Waals surface area contributed by atoms with Gasteiger partial charge in [0.25, 0.3) is 0 Å². The van der Waals surface area contributed by atoms with Crippen LogP contribution in [0.2, 0.25) is 0 Å². The number of urea groups is 1. The maximum Gasteiger partial charge on any atom is 0.323 e. The monoisotopic (exact) mass is 409 g/mol. The van der Waals surface area contributed by atoms with Gasteiger partial charge in [0.05, 0.1) is 12.1 Å². The fourth-order valence-corrected chi connectivity index (χ4v) is 2.96. The standard InChI is InChI=1S/C23H29N4O3/c1-15(2)12-19(14-28)25-22(29)20(24)13-17-8-10-18(11-9-17)26-23(30)27-21-7-5-4-6-16(21)3/h4-11,15,19-20H,12-13,24H2,1-3H3,(H,25,29)(H2,26,27,30)/t19-,20-/m0/s1. The Kier molecular flexibility index (Phi) is 8.55. The van der Waals surface area contributed by atoms with Crippen LogP contribution in [0.1, 0.15) is 31.4 Å². The molecular weight excluding hydrogens is 380 g/mol. The van der Waals surface area contributed by atoms with Crippen molar-refractivity contribution < 1.29 is 14.4 Å². The zero-order chi connectivity index (χ0) is 22.1. The van der Waals surface area contributed by atoms with E-state index >= 15 is 0 Å². The number of rotatable bonds is 9. The summed E-state index contributed by atoms with van der Waals surface area (Å²) in [5.74, 6) is -0.125. The van der Waals surface area contributed by atoms with Crippen LogP contribution in [-0.2, 0) is 16.0 Å². The van der Waals surface area contributed by atoms with Gasteiger partial charge in [-0.25, -0.2) is 4.79 Å². The number of para-hydroxylation sites is 1. The summed E-state index contributed by atoms with van der Waals surface area (Å²) in [5, 5.41) is 8.20. The summed E-state index contributed by atoms with van der Waals surface area (Å²) >= 11 is 0. The Morgan fingerprint density at radius 2 is 1.70 bits per heavy atom. The van der Waals surface area contributed by atoms with Crippen LogP contribution in [0.5, 0.6) is 0 Å². The highest BCUT2D eigenvalue weighted by molar-refractivity contribution is 6.00. The Bertz CT molecular complexity index is 865. The van der Waals surface area contributed by atoms with Gasteiger partial charge in [-0.3, -0.25) is 9.59 Å². The van der Waals surface area contributed by atoms with E-state index in [1.54, 1.807) is 24.3 Å². The first-order valence-corrected chi connectivity index (χ1v) is 9.94. The molecule has 0 aromatic heterocycles. The van der Waals surface area contributed by atoms with Crippen molar-refractivity contribution >= 4 is 29.6 Å². The van der Waals surface area contributed by atoms with Crippen molar-refractivity contribution in [2.45, 2.75) is 45.7 Å². The van der Waals surface area contributed by atoms with Crippen LogP contribution in [0, 0.1) is 12.8 Å². The van der Waals surface area contributed by atoms with E-state index in [2.05, 4.69) is 16.0 Å². The molecule has 5 N–H and O–H groups in total. The number of carbonyl (C=O) groups excluding carboxylic acids is 3. The molecule has 159 valence electrons. The molecule has 0 aliphatic heterocycles. The first-order valence-electron chi connectivity index (χ1n) is 9.94. The summed E-state index contributed by atoms with van der Waals surface area (Å²) in [4.78, 5) is 35.4. The molecule has 0 spiro atoms. The van der Waals surface area contributed by atoms with Crippen LogP contribution in [0.4, 0.5) is 16.2 Å². The van der Waals surface area contributed by atoms with E-state index in [0.717, 1.165) is 16.8 Å². The van der Waals surface area contributed by atoms with Gasteiger partial charge in [-0.2, -0.15) is 0 Å². The number of benzene rings is 2. The maximum absolute atomic E-state index is 12.2. The number of nitrogens with one attached hydrogen (secondary N) is 3. The van der Waals surface area contributed by atoms with E-state index in [0.29, 0.717) is 18.5 Å². The van der Waals surface area contributed by atoms with Crippen molar-refractivity contribution in [2.75, 3.05) is 10.6 Å². The maximum atomic E-state index is 12.2. The summed E-state index contributed by atoms with van der Waals surface area (Å²) in [6, 6.07) is 12.8. The second-order valence-corrected chi connectivity index (χ2v) is 7.71. The topological polar surface area (TPSA) is 113 Å². The summed E-state index contributed by atoms with van der Waals surface area (Å²) in [6.07, 6.45) is 2.68. The number of carbonyl (C=O) groups is 2. The summed E-state index contributed by atoms with van der Waals surface area (Å²) < 4.78 is 0. The number of hydrogen-bond acceptors (Lipinski definition) is 4. The van der Waals surface area contributed by atoms with E-state index < -0.39 is 12.1 Å². The number of hydrogen-bond donors (Lipinski definition) is 4. The third kappa shape index (κ3) is 7.33. The molecule has 3 amide bonds. The minimum Gasteiger partial charge on any atom is -0.344 e. The van der Waals surface area contributed by atoms with Gasteiger partial charge in [-0.1, -0.05) is 44.2 Å². The van der Waals surface area contributed by atoms with E-state index in [4.69, 9.17) is 5.73 Å². The molecule has 2 rings (SSSR count). The Morgan fingerprint density at radius 3 is 2.30 bits per heavy atom. The highest BCUT2D eigenvalue weighted by Gasteiger charge is 2.19. The SMILES string of the molecule is Cc1ccccc1NC(=O)Nc1ccc(C[C@H](N)C(=O)N[C@H]([C]=O)CC(C)C)cc1. The number of amides is 3. The minimum absolute atomic E-state index is 0.260. The third-order valence-electron chi connectivity index (χ3n) is 4.56. The average molecular weight is 410 g/mol. The Labute approximate surface area is 177 Å². The zero-order valence-electron chi connectivity index (χ0n) is 17.6. The second-order valence-electron chi connectivity index (χ2n) is 7.71. The number of aryl methyl sites for hydroxylation is 1. The number of anilines is 2. The molecule has 30 heavy (non-hydrogen) atoms. The lowest BCUT2D eigenvalue weighted by molar-refractivity contribution is -0.122. The molecule has 0 aliphatic carbocycles. The van der Waals surface area contributed by atoms with E-state index in [1.165, 1.54) is 0 Å². The van der Waals surface area contributed by atoms with Crippen LogP contribution in [0.25, 0.3) is 0 Å². The summed E-state index contributed by atoms with van der Waals surface area (Å²) in [7, 11) is 0. The minimum atomic E-state index is -0.781. The molecule has 2 atom stereocenters. The van der Waals surface area contributed by atoms with Crippen molar-refractivity contribution in [1.29, 1.82) is 0 Å². The van der Waals surface area contributed by atoms with Crippen molar-refractivity contribution in [3.63, 3.8) is 0 Å². The van der Waals surface area contributed by atoms with E-state index in [9.17, 15) is 14.4 Å². The average Bonchev–Trinajstić information content (AvgIpc) is 2.70. The predicted octanol–water partition coefficient (Wildman–Crippen LogP) is 3.15. The zero-order valence-corrected chi connectivity index (χ0v) is 17.6. The fourth-order valence-electron chi connectivity index (χ4n) is 2.96. The van der Waals surface area contributed by atoms with Gasteiger partial charge in [0, 0.05) is 11.4 Å². The fraction of sp³-hybridized carbons (Fsp3) is 0.348. The Morgan fingerprint density at radius 1 is 1.03 bits per heavy atom. The molecule has 1 radical (unpaired) electrons. The van der Waals surface area contributed by atoms with Gasteiger partial charge in [-0.15, -0.1) is 0 Å². The van der Waals surface area contributed by atoms with Gasteiger partial charge < -0.3 is 21.7 Å². The van der Waals surface area contributed by atoms with Gasteiger partial charge in [-0.05, 0) is 55.0 Å². The van der Waals surface area contributed by atoms with Crippen LogP contribution in [0.15, 0.2) is 48.5 Å². The molecule has 0 unspecified atom stereocenters. The van der Waals surface area contributed by atoms with Gasteiger partial charge in [0.15, 0.2) is 0 Å². The van der Waals surface area contributed by atoms with Gasteiger partial charge in [0.1, 0.15) is 0 Å². The number of nitrogens with two attached hydrogens (primary N) is 1. The van der Waals surface area contributed by atoms with Gasteiger partial charge in [0.2, 0.25) is 12.2 Å².